The summed E-state index contributed by atoms with van der Waals surface area (Å²) in [5, 5.41) is 3.37. The second kappa shape index (κ2) is 11.3. The van der Waals surface area contributed by atoms with Crippen molar-refractivity contribution < 1.29 is 9.53 Å². The SMILES string of the molecule is CCNC(=NCc1cccc(C)c1)N1CCC(C(=O)OCC)CC1.I. The monoisotopic (exact) mass is 459 g/mol. The molecule has 0 atom stereocenters. The molecule has 0 aliphatic carbocycles. The van der Waals surface area contributed by atoms with Gasteiger partial charge in [0.2, 0.25) is 0 Å². The second-order valence-corrected chi connectivity index (χ2v) is 6.17. The van der Waals surface area contributed by atoms with Gasteiger partial charge >= 0.3 is 5.97 Å². The number of ether oxygens (including phenoxy) is 1. The molecular formula is C19H30IN3O2. The first-order valence-corrected chi connectivity index (χ1v) is 8.89. The summed E-state index contributed by atoms with van der Waals surface area (Å²) in [4.78, 5) is 18.9. The van der Waals surface area contributed by atoms with Gasteiger partial charge in [-0.3, -0.25) is 4.79 Å². The molecule has 0 amide bonds. The standard InChI is InChI=1S/C19H29N3O2.HI/c1-4-20-19(21-14-16-8-6-7-15(3)13-16)22-11-9-17(10-12-22)18(23)24-5-2;/h6-8,13,17H,4-5,9-12,14H2,1-3H3,(H,20,21);1H. The molecule has 1 aliphatic heterocycles. The predicted octanol–water partition coefficient (Wildman–Crippen LogP) is 3.35. The van der Waals surface area contributed by atoms with E-state index in [4.69, 9.17) is 9.73 Å². The van der Waals surface area contributed by atoms with Crippen molar-refractivity contribution >= 4 is 35.9 Å². The molecule has 1 aromatic rings. The summed E-state index contributed by atoms with van der Waals surface area (Å²) >= 11 is 0. The maximum absolute atomic E-state index is 11.9. The Hall–Kier alpha value is -1.31. The molecule has 1 fully saturated rings. The van der Waals surface area contributed by atoms with E-state index in [-0.39, 0.29) is 35.9 Å². The number of aliphatic imine (C=N–C) groups is 1. The van der Waals surface area contributed by atoms with Gasteiger partial charge in [-0.2, -0.15) is 0 Å². The summed E-state index contributed by atoms with van der Waals surface area (Å²) in [7, 11) is 0. The van der Waals surface area contributed by atoms with Crippen LogP contribution in [0.2, 0.25) is 0 Å². The topological polar surface area (TPSA) is 53.9 Å². The van der Waals surface area contributed by atoms with E-state index in [0.717, 1.165) is 38.4 Å². The van der Waals surface area contributed by atoms with Crippen LogP contribution in [0, 0.1) is 12.8 Å². The van der Waals surface area contributed by atoms with Gasteiger partial charge < -0.3 is 15.0 Å². The summed E-state index contributed by atoms with van der Waals surface area (Å²) < 4.78 is 5.14. The lowest BCUT2D eigenvalue weighted by Crippen LogP contribution is -2.46. The van der Waals surface area contributed by atoms with Crippen LogP contribution in [0.3, 0.4) is 0 Å². The Labute approximate surface area is 168 Å². The molecule has 0 radical (unpaired) electrons. The highest BCUT2D eigenvalue weighted by Crippen LogP contribution is 2.19. The van der Waals surface area contributed by atoms with Gasteiger partial charge in [0.25, 0.3) is 0 Å². The fraction of sp³-hybridized carbons (Fsp3) is 0.579. The predicted molar refractivity (Wildman–Crippen MR) is 112 cm³/mol. The molecule has 1 N–H and O–H groups in total. The van der Waals surface area contributed by atoms with Crippen molar-refractivity contribution in [2.45, 2.75) is 40.2 Å². The van der Waals surface area contributed by atoms with Crippen LogP contribution in [0.1, 0.15) is 37.8 Å². The Kier molecular flexibility index (Phi) is 9.85. The van der Waals surface area contributed by atoms with Crippen molar-refractivity contribution in [3.63, 3.8) is 0 Å². The van der Waals surface area contributed by atoms with E-state index in [2.05, 4.69) is 48.3 Å². The number of rotatable bonds is 5. The van der Waals surface area contributed by atoms with Crippen molar-refractivity contribution in [1.29, 1.82) is 0 Å². The number of guanidine groups is 1. The van der Waals surface area contributed by atoms with E-state index < -0.39 is 0 Å². The Bertz CT molecular complexity index is 570. The Morgan fingerprint density at radius 1 is 1.32 bits per heavy atom. The Morgan fingerprint density at radius 3 is 2.64 bits per heavy atom. The maximum atomic E-state index is 11.9. The zero-order chi connectivity index (χ0) is 17.4. The number of esters is 1. The molecule has 25 heavy (non-hydrogen) atoms. The molecule has 5 nitrogen and oxygen atoms in total. The first-order valence-electron chi connectivity index (χ1n) is 8.89. The molecule has 0 spiro atoms. The van der Waals surface area contributed by atoms with Gasteiger partial charge in [-0.1, -0.05) is 29.8 Å². The molecule has 1 saturated heterocycles. The molecule has 2 rings (SSSR count). The third-order valence-electron chi connectivity index (χ3n) is 4.24. The number of nitrogens with one attached hydrogen (secondary N) is 1. The van der Waals surface area contributed by atoms with E-state index >= 15 is 0 Å². The van der Waals surface area contributed by atoms with Gasteiger partial charge in [0, 0.05) is 19.6 Å². The fourth-order valence-corrected chi connectivity index (χ4v) is 2.99. The van der Waals surface area contributed by atoms with Gasteiger partial charge in [-0.25, -0.2) is 4.99 Å². The van der Waals surface area contributed by atoms with E-state index in [1.807, 2.05) is 6.92 Å². The summed E-state index contributed by atoms with van der Waals surface area (Å²) in [5.41, 5.74) is 2.47. The lowest BCUT2D eigenvalue weighted by atomic mass is 9.97. The van der Waals surface area contributed by atoms with Crippen LogP contribution in [-0.2, 0) is 16.1 Å². The van der Waals surface area contributed by atoms with Gasteiger partial charge in [0.15, 0.2) is 5.96 Å². The van der Waals surface area contributed by atoms with Crippen LogP contribution in [-0.4, -0.2) is 43.1 Å². The smallest absolute Gasteiger partial charge is 0.309 e. The molecule has 1 heterocycles. The van der Waals surface area contributed by atoms with Crippen LogP contribution in [0.15, 0.2) is 29.3 Å². The van der Waals surface area contributed by atoms with Crippen molar-refractivity contribution in [2.75, 3.05) is 26.2 Å². The number of hydrogen-bond acceptors (Lipinski definition) is 3. The lowest BCUT2D eigenvalue weighted by molar-refractivity contribution is -0.149. The normalized spacial score (nSPS) is 15.5. The molecule has 6 heteroatoms. The van der Waals surface area contributed by atoms with Crippen molar-refractivity contribution in [3.8, 4) is 0 Å². The van der Waals surface area contributed by atoms with Gasteiger partial charge in [-0.15, -0.1) is 24.0 Å². The number of likely N-dealkylation sites (tertiary alicyclic amines) is 1. The van der Waals surface area contributed by atoms with Gasteiger partial charge in [0.1, 0.15) is 0 Å². The number of halogens is 1. The van der Waals surface area contributed by atoms with Crippen molar-refractivity contribution in [1.82, 2.24) is 10.2 Å². The number of nitrogens with zero attached hydrogens (tertiary/aromatic N) is 2. The number of benzene rings is 1. The van der Waals surface area contributed by atoms with Crippen LogP contribution < -0.4 is 5.32 Å². The number of hydrogen-bond donors (Lipinski definition) is 1. The number of piperidine rings is 1. The summed E-state index contributed by atoms with van der Waals surface area (Å²) in [6.45, 7) is 9.67. The summed E-state index contributed by atoms with van der Waals surface area (Å²) in [6.07, 6.45) is 1.65. The Morgan fingerprint density at radius 2 is 2.04 bits per heavy atom. The van der Waals surface area contributed by atoms with Crippen molar-refractivity contribution in [2.24, 2.45) is 10.9 Å². The van der Waals surface area contributed by atoms with Gasteiger partial charge in [0.05, 0.1) is 19.1 Å². The van der Waals surface area contributed by atoms with Crippen molar-refractivity contribution in [3.05, 3.63) is 35.4 Å². The van der Waals surface area contributed by atoms with E-state index in [9.17, 15) is 4.79 Å². The molecule has 1 aromatic carbocycles. The highest BCUT2D eigenvalue weighted by atomic mass is 127. The fourth-order valence-electron chi connectivity index (χ4n) is 2.99. The molecule has 0 bridgehead atoms. The molecule has 0 aromatic heterocycles. The largest absolute Gasteiger partial charge is 0.466 e. The quantitative estimate of drug-likeness (QED) is 0.318. The zero-order valence-electron chi connectivity index (χ0n) is 15.5. The van der Waals surface area contributed by atoms with Crippen LogP contribution in [0.5, 0.6) is 0 Å². The summed E-state index contributed by atoms with van der Waals surface area (Å²) in [5.74, 6) is 0.904. The minimum atomic E-state index is -0.0566. The minimum Gasteiger partial charge on any atom is -0.466 e. The number of aryl methyl sites for hydroxylation is 1. The van der Waals surface area contributed by atoms with E-state index in [1.54, 1.807) is 0 Å². The average Bonchev–Trinajstić information content (AvgIpc) is 2.59. The second-order valence-electron chi connectivity index (χ2n) is 6.17. The van der Waals surface area contributed by atoms with Crippen LogP contribution in [0.4, 0.5) is 0 Å². The number of carbonyl (C=O) groups is 1. The molecular weight excluding hydrogens is 429 g/mol. The highest BCUT2D eigenvalue weighted by molar-refractivity contribution is 14.0. The third-order valence-corrected chi connectivity index (χ3v) is 4.24. The van der Waals surface area contributed by atoms with Gasteiger partial charge in [-0.05, 0) is 39.2 Å². The van der Waals surface area contributed by atoms with Crippen LogP contribution >= 0.6 is 24.0 Å². The molecule has 0 unspecified atom stereocenters. The van der Waals surface area contributed by atoms with E-state index in [1.165, 1.54) is 11.1 Å². The molecule has 0 saturated carbocycles. The zero-order valence-corrected chi connectivity index (χ0v) is 17.8. The third kappa shape index (κ3) is 6.84. The minimum absolute atomic E-state index is 0. The highest BCUT2D eigenvalue weighted by Gasteiger charge is 2.27. The van der Waals surface area contributed by atoms with Crippen LogP contribution in [0.25, 0.3) is 0 Å². The molecule has 140 valence electrons. The maximum Gasteiger partial charge on any atom is 0.309 e. The lowest BCUT2D eigenvalue weighted by Gasteiger charge is -2.33. The average molecular weight is 459 g/mol. The van der Waals surface area contributed by atoms with E-state index in [0.29, 0.717) is 13.2 Å². The first-order chi connectivity index (χ1) is 11.6. The molecule has 1 aliphatic rings. The Balaban J connectivity index is 0.00000312. The summed E-state index contributed by atoms with van der Waals surface area (Å²) in [6, 6.07) is 8.43. The first kappa shape index (κ1) is 21.7. The number of carbonyl (C=O) groups excluding carboxylic acids is 1.